The van der Waals surface area contributed by atoms with Crippen molar-refractivity contribution in [2.45, 2.75) is 6.42 Å². The van der Waals surface area contributed by atoms with Gasteiger partial charge in [0.25, 0.3) is 0 Å². The summed E-state index contributed by atoms with van der Waals surface area (Å²) in [6.07, 6.45) is 1.24. The van der Waals surface area contributed by atoms with Gasteiger partial charge in [0.1, 0.15) is 5.82 Å². The predicted octanol–water partition coefficient (Wildman–Crippen LogP) is 2.76. The first-order valence-electron chi connectivity index (χ1n) is 4.52. The minimum Gasteiger partial charge on any atom is -0.481 e. The normalized spacial score (nSPS) is 10.6. The fourth-order valence-electron chi connectivity index (χ4n) is 1.47. The number of hydrogen-bond acceptors (Lipinski definition) is 2. The van der Waals surface area contributed by atoms with Crippen molar-refractivity contribution in [3.8, 4) is 0 Å². The third kappa shape index (κ3) is 2.19. The Morgan fingerprint density at radius 3 is 2.88 bits per heavy atom. The molecule has 0 aliphatic rings. The number of aliphatic carboxylic acids is 1. The molecule has 0 aliphatic carbocycles. The number of carboxylic acids is 1. The van der Waals surface area contributed by atoms with Gasteiger partial charge in [0.2, 0.25) is 0 Å². The third-order valence-corrected chi connectivity index (χ3v) is 2.59. The van der Waals surface area contributed by atoms with E-state index in [0.717, 1.165) is 4.47 Å². The van der Waals surface area contributed by atoms with Crippen LogP contribution in [-0.2, 0) is 11.2 Å². The van der Waals surface area contributed by atoms with Crippen LogP contribution in [0.4, 0.5) is 4.39 Å². The number of nitrogens with zero attached hydrogens (tertiary/aromatic N) is 1. The molecule has 0 saturated heterocycles. The van der Waals surface area contributed by atoms with Gasteiger partial charge in [-0.15, -0.1) is 0 Å². The van der Waals surface area contributed by atoms with Gasteiger partial charge in [0, 0.05) is 22.1 Å². The molecule has 82 valence electrons. The summed E-state index contributed by atoms with van der Waals surface area (Å²) >= 11 is 3.25. The van der Waals surface area contributed by atoms with Crippen molar-refractivity contribution < 1.29 is 14.3 Å². The molecule has 2 rings (SSSR count). The fraction of sp³-hybridized carbons (Fsp3) is 0.0909. The number of rotatable bonds is 2. The van der Waals surface area contributed by atoms with Crippen LogP contribution in [0.2, 0.25) is 0 Å². The van der Waals surface area contributed by atoms with Crippen molar-refractivity contribution in [1.82, 2.24) is 4.98 Å². The van der Waals surface area contributed by atoms with E-state index >= 15 is 0 Å². The first-order valence-corrected chi connectivity index (χ1v) is 5.31. The van der Waals surface area contributed by atoms with Gasteiger partial charge in [-0.3, -0.25) is 9.78 Å². The summed E-state index contributed by atoms with van der Waals surface area (Å²) in [5.74, 6) is -1.59. The molecule has 0 aliphatic heterocycles. The Labute approximate surface area is 99.1 Å². The fourth-order valence-corrected chi connectivity index (χ4v) is 1.82. The highest BCUT2D eigenvalue weighted by Gasteiger charge is 2.09. The minimum atomic E-state index is -1.05. The first-order chi connectivity index (χ1) is 7.56. The summed E-state index contributed by atoms with van der Waals surface area (Å²) < 4.78 is 14.2. The topological polar surface area (TPSA) is 50.2 Å². The van der Waals surface area contributed by atoms with E-state index in [9.17, 15) is 9.18 Å². The average molecular weight is 284 g/mol. The van der Waals surface area contributed by atoms with E-state index in [1.807, 2.05) is 0 Å². The van der Waals surface area contributed by atoms with E-state index in [1.165, 1.54) is 12.1 Å². The lowest BCUT2D eigenvalue weighted by Crippen LogP contribution is -2.02. The first kappa shape index (κ1) is 11.0. The van der Waals surface area contributed by atoms with E-state index in [2.05, 4.69) is 20.9 Å². The van der Waals surface area contributed by atoms with Crippen LogP contribution >= 0.6 is 15.9 Å². The molecular weight excluding hydrogens is 277 g/mol. The van der Waals surface area contributed by atoms with Gasteiger partial charge < -0.3 is 5.11 Å². The van der Waals surface area contributed by atoms with E-state index in [4.69, 9.17) is 5.11 Å². The van der Waals surface area contributed by atoms with E-state index < -0.39 is 11.8 Å². The number of halogens is 2. The molecule has 0 bridgehead atoms. The molecule has 1 N–H and O–H groups in total. The molecule has 16 heavy (non-hydrogen) atoms. The second-order valence-corrected chi connectivity index (χ2v) is 4.28. The van der Waals surface area contributed by atoms with Gasteiger partial charge in [-0.05, 0) is 33.6 Å². The van der Waals surface area contributed by atoms with Crippen LogP contribution in [0.5, 0.6) is 0 Å². The van der Waals surface area contributed by atoms with Crippen molar-refractivity contribution >= 4 is 32.8 Å². The lowest BCUT2D eigenvalue weighted by Gasteiger charge is -2.03. The lowest BCUT2D eigenvalue weighted by molar-refractivity contribution is -0.136. The second-order valence-electron chi connectivity index (χ2n) is 3.36. The smallest absolute Gasteiger partial charge is 0.307 e. The number of carboxylic acid groups (broad SMARTS) is 1. The second kappa shape index (κ2) is 4.17. The summed E-state index contributed by atoms with van der Waals surface area (Å²) in [5, 5.41) is 9.34. The van der Waals surface area contributed by atoms with Crippen molar-refractivity contribution in [2.75, 3.05) is 0 Å². The molecular formula is C11H7BrFNO2. The number of benzene rings is 1. The maximum atomic E-state index is 13.5. The zero-order valence-electron chi connectivity index (χ0n) is 8.08. The Morgan fingerprint density at radius 1 is 1.44 bits per heavy atom. The van der Waals surface area contributed by atoms with Crippen LogP contribution in [0, 0.1) is 5.82 Å². The Balaban J connectivity index is 2.59. The van der Waals surface area contributed by atoms with Gasteiger partial charge in [-0.2, -0.15) is 0 Å². The van der Waals surface area contributed by atoms with Gasteiger partial charge in [0.05, 0.1) is 11.9 Å². The van der Waals surface area contributed by atoms with E-state index in [-0.39, 0.29) is 12.0 Å². The summed E-state index contributed by atoms with van der Waals surface area (Å²) in [6.45, 7) is 0. The summed E-state index contributed by atoms with van der Waals surface area (Å²) in [5.41, 5.74) is 0.676. The van der Waals surface area contributed by atoms with Crippen LogP contribution in [0.25, 0.3) is 10.9 Å². The number of aromatic nitrogens is 1. The molecule has 0 spiro atoms. The van der Waals surface area contributed by atoms with Crippen molar-refractivity contribution in [3.05, 3.63) is 40.2 Å². The molecule has 3 nitrogen and oxygen atoms in total. The zero-order chi connectivity index (χ0) is 11.7. The largest absolute Gasteiger partial charge is 0.481 e. The highest BCUT2D eigenvalue weighted by molar-refractivity contribution is 9.10. The number of fused-ring (bicyclic) bond motifs is 1. The Hall–Kier alpha value is -1.49. The molecule has 0 radical (unpaired) electrons. The maximum Gasteiger partial charge on any atom is 0.307 e. The van der Waals surface area contributed by atoms with E-state index in [0.29, 0.717) is 10.9 Å². The molecule has 1 aromatic heterocycles. The minimum absolute atomic E-state index is 0.167. The quantitative estimate of drug-likeness (QED) is 0.922. The monoisotopic (exact) mass is 283 g/mol. The standard InChI is InChI=1S/C11H7BrFNO2/c12-8-2-7-1-6(3-11(15)16)9(13)4-10(7)14-5-8/h1-2,4-5H,3H2,(H,15,16). The third-order valence-electron chi connectivity index (χ3n) is 2.16. The van der Waals surface area contributed by atoms with E-state index in [1.54, 1.807) is 12.3 Å². The molecule has 0 unspecified atom stereocenters. The molecule has 0 atom stereocenters. The molecule has 2 aromatic rings. The predicted molar refractivity (Wildman–Crippen MR) is 60.7 cm³/mol. The summed E-state index contributed by atoms with van der Waals surface area (Å²) in [7, 11) is 0. The van der Waals surface area contributed by atoms with Crippen LogP contribution in [-0.4, -0.2) is 16.1 Å². The highest BCUT2D eigenvalue weighted by atomic mass is 79.9. The molecule has 1 heterocycles. The van der Waals surface area contributed by atoms with Gasteiger partial charge in [0.15, 0.2) is 0 Å². The number of hydrogen-bond donors (Lipinski definition) is 1. The lowest BCUT2D eigenvalue weighted by atomic mass is 10.1. The number of pyridine rings is 1. The highest BCUT2D eigenvalue weighted by Crippen LogP contribution is 2.21. The summed E-state index contributed by atoms with van der Waals surface area (Å²) in [4.78, 5) is 14.6. The molecule has 5 heteroatoms. The number of carbonyl (C=O) groups is 1. The van der Waals surface area contributed by atoms with Crippen molar-refractivity contribution in [3.63, 3.8) is 0 Å². The summed E-state index contributed by atoms with van der Waals surface area (Å²) in [6, 6.07) is 4.53. The Kier molecular flexibility index (Phi) is 2.87. The molecule has 0 saturated carbocycles. The van der Waals surface area contributed by atoms with Crippen LogP contribution in [0.3, 0.4) is 0 Å². The SMILES string of the molecule is O=C(O)Cc1cc2cc(Br)cnc2cc1F. The zero-order valence-corrected chi connectivity index (χ0v) is 9.66. The van der Waals surface area contributed by atoms with Gasteiger partial charge in [-0.25, -0.2) is 4.39 Å². The van der Waals surface area contributed by atoms with Crippen molar-refractivity contribution in [2.24, 2.45) is 0 Å². The maximum absolute atomic E-state index is 13.5. The Bertz CT molecular complexity index is 571. The average Bonchev–Trinajstić information content (AvgIpc) is 2.19. The van der Waals surface area contributed by atoms with Gasteiger partial charge in [-0.1, -0.05) is 0 Å². The Morgan fingerprint density at radius 2 is 2.19 bits per heavy atom. The van der Waals surface area contributed by atoms with Crippen LogP contribution in [0.15, 0.2) is 28.9 Å². The van der Waals surface area contributed by atoms with Gasteiger partial charge >= 0.3 is 5.97 Å². The van der Waals surface area contributed by atoms with Crippen LogP contribution < -0.4 is 0 Å². The van der Waals surface area contributed by atoms with Crippen LogP contribution in [0.1, 0.15) is 5.56 Å². The van der Waals surface area contributed by atoms with Crippen molar-refractivity contribution in [1.29, 1.82) is 0 Å². The molecule has 0 fully saturated rings. The molecule has 1 aromatic carbocycles. The molecule has 0 amide bonds.